The summed E-state index contributed by atoms with van der Waals surface area (Å²) in [6.07, 6.45) is 4.88. The van der Waals surface area contributed by atoms with Crippen LogP contribution in [-0.2, 0) is 11.3 Å². The highest BCUT2D eigenvalue weighted by atomic mass is 16.2. The maximum Gasteiger partial charge on any atom is 0.320 e. The number of likely N-dealkylation sites (tertiary alicyclic amines) is 1. The number of carbonyl (C=O) groups excluding carboxylic acids is 3. The van der Waals surface area contributed by atoms with Crippen LogP contribution >= 0.6 is 0 Å². The summed E-state index contributed by atoms with van der Waals surface area (Å²) in [5.41, 5.74) is 2.47. The van der Waals surface area contributed by atoms with Crippen LogP contribution in [0.1, 0.15) is 54.9 Å². The Hall–Kier alpha value is -3.09. The van der Waals surface area contributed by atoms with E-state index in [4.69, 9.17) is 0 Å². The molecule has 0 aromatic heterocycles. The fourth-order valence-corrected chi connectivity index (χ4v) is 6.06. The van der Waals surface area contributed by atoms with Crippen LogP contribution in [0.15, 0.2) is 30.3 Å². The molecule has 3 fully saturated rings. The zero-order valence-electron chi connectivity index (χ0n) is 19.1. The summed E-state index contributed by atoms with van der Waals surface area (Å²) in [6, 6.07) is 10.0. The highest BCUT2D eigenvalue weighted by Gasteiger charge is 2.43. The van der Waals surface area contributed by atoms with Gasteiger partial charge >= 0.3 is 6.03 Å². The summed E-state index contributed by atoms with van der Waals surface area (Å²) in [7, 11) is 0. The maximum atomic E-state index is 13.3. The van der Waals surface area contributed by atoms with E-state index in [-0.39, 0.29) is 23.4 Å². The van der Waals surface area contributed by atoms with Crippen molar-refractivity contribution < 1.29 is 14.4 Å². The number of rotatable bonds is 4. The van der Waals surface area contributed by atoms with Crippen LogP contribution in [0, 0.1) is 5.41 Å². The largest absolute Gasteiger partial charge is 0.342 e. The van der Waals surface area contributed by atoms with Gasteiger partial charge in [0.25, 0.3) is 5.91 Å². The van der Waals surface area contributed by atoms with Crippen LogP contribution < -0.4 is 5.32 Å². The minimum Gasteiger partial charge on any atom is -0.342 e. The monoisotopic (exact) mass is 446 g/mol. The third-order valence-corrected chi connectivity index (χ3v) is 8.28. The van der Waals surface area contributed by atoms with Gasteiger partial charge in [-0.15, -0.1) is 0 Å². The molecule has 2 aromatic carbocycles. The predicted octanol–water partition coefficient (Wildman–Crippen LogP) is 3.82. The Labute approximate surface area is 193 Å². The normalized spacial score (nSPS) is 22.2. The Balaban J connectivity index is 1.13. The number of nitrogens with one attached hydrogen (secondary N) is 1. The minimum absolute atomic E-state index is 0.0627. The molecule has 2 saturated heterocycles. The number of piperidine rings is 1. The lowest BCUT2D eigenvalue weighted by molar-refractivity contribution is -0.147. The van der Waals surface area contributed by atoms with Crippen LogP contribution in [0.5, 0.6) is 0 Å². The average molecular weight is 447 g/mol. The Kier molecular flexibility index (Phi) is 4.64. The maximum absolute atomic E-state index is 13.3. The molecular weight excluding hydrogens is 416 g/mol. The number of hydrogen-bond acceptors (Lipinski definition) is 3. The van der Waals surface area contributed by atoms with E-state index >= 15 is 0 Å². The molecule has 0 spiro atoms. The standard InChI is InChI=1S/C26H30N4O3/c1-26(10-3-11-26)24(32)28-12-8-18(9-13-28)30-15-14-29(25(30)33)16-17-6-7-21-22-19(17)4-2-5-20(22)23(31)27-21/h2,4-7,18H,3,8-16H2,1H3,(H,27,31). The van der Waals surface area contributed by atoms with E-state index < -0.39 is 0 Å². The fraction of sp³-hybridized carbons (Fsp3) is 0.500. The highest BCUT2D eigenvalue weighted by Crippen LogP contribution is 2.42. The van der Waals surface area contributed by atoms with Crippen LogP contribution in [-0.4, -0.2) is 64.8 Å². The Morgan fingerprint density at radius 1 is 1.06 bits per heavy atom. The third kappa shape index (κ3) is 3.20. The van der Waals surface area contributed by atoms with Gasteiger partial charge in [0.05, 0.1) is 0 Å². The lowest BCUT2D eigenvalue weighted by atomic mass is 9.69. The second kappa shape index (κ2) is 7.47. The molecule has 0 atom stereocenters. The molecule has 4 aliphatic rings. The van der Waals surface area contributed by atoms with Crippen molar-refractivity contribution in [2.24, 2.45) is 5.41 Å². The van der Waals surface area contributed by atoms with Gasteiger partial charge in [-0.25, -0.2) is 4.79 Å². The van der Waals surface area contributed by atoms with Crippen molar-refractivity contribution >= 4 is 34.3 Å². The lowest BCUT2D eigenvalue weighted by Gasteiger charge is -2.44. The van der Waals surface area contributed by atoms with E-state index in [0.29, 0.717) is 24.6 Å². The van der Waals surface area contributed by atoms with Gasteiger partial charge in [-0.1, -0.05) is 31.5 Å². The van der Waals surface area contributed by atoms with E-state index in [1.807, 2.05) is 45.0 Å². The summed E-state index contributed by atoms with van der Waals surface area (Å²) in [6.45, 7) is 5.57. The smallest absolute Gasteiger partial charge is 0.320 e. The number of benzene rings is 2. The van der Waals surface area contributed by atoms with Gasteiger partial charge < -0.3 is 20.0 Å². The summed E-state index contributed by atoms with van der Waals surface area (Å²) in [5.74, 6) is 0.244. The first kappa shape index (κ1) is 20.5. The van der Waals surface area contributed by atoms with E-state index in [1.165, 1.54) is 0 Å². The van der Waals surface area contributed by atoms with Crippen molar-refractivity contribution in [1.29, 1.82) is 0 Å². The van der Waals surface area contributed by atoms with Gasteiger partial charge in [-0.05, 0) is 48.8 Å². The summed E-state index contributed by atoms with van der Waals surface area (Å²) >= 11 is 0. The van der Waals surface area contributed by atoms with Crippen LogP contribution in [0.25, 0.3) is 10.8 Å². The number of hydrogen-bond donors (Lipinski definition) is 1. The molecule has 2 aromatic rings. The van der Waals surface area contributed by atoms with Gasteiger partial charge in [-0.3, -0.25) is 9.59 Å². The molecule has 0 radical (unpaired) electrons. The first-order valence-electron chi connectivity index (χ1n) is 12.2. The third-order valence-electron chi connectivity index (χ3n) is 8.28. The molecule has 0 bridgehead atoms. The second-order valence-electron chi connectivity index (χ2n) is 10.3. The van der Waals surface area contributed by atoms with Gasteiger partial charge in [0.15, 0.2) is 0 Å². The molecule has 3 heterocycles. The first-order chi connectivity index (χ1) is 15.9. The molecule has 172 valence electrons. The summed E-state index contributed by atoms with van der Waals surface area (Å²) < 4.78 is 0. The number of amides is 4. The predicted molar refractivity (Wildman–Crippen MR) is 126 cm³/mol. The minimum atomic E-state index is -0.146. The van der Waals surface area contributed by atoms with Crippen LogP contribution in [0.3, 0.4) is 0 Å². The molecule has 1 N–H and O–H groups in total. The fourth-order valence-electron chi connectivity index (χ4n) is 6.06. The number of nitrogens with zero attached hydrogens (tertiary/aromatic N) is 3. The van der Waals surface area contributed by atoms with Gasteiger partial charge in [0, 0.05) is 60.8 Å². The van der Waals surface area contributed by atoms with Crippen molar-refractivity contribution in [2.75, 3.05) is 31.5 Å². The van der Waals surface area contributed by atoms with E-state index in [0.717, 1.165) is 73.8 Å². The zero-order chi connectivity index (χ0) is 22.7. The van der Waals surface area contributed by atoms with Crippen molar-refractivity contribution in [3.05, 3.63) is 41.5 Å². The first-order valence-corrected chi connectivity index (χ1v) is 12.2. The van der Waals surface area contributed by atoms with Crippen molar-refractivity contribution in [1.82, 2.24) is 14.7 Å². The van der Waals surface area contributed by atoms with Crippen LogP contribution in [0.2, 0.25) is 0 Å². The molecule has 7 nitrogen and oxygen atoms in total. The molecule has 0 unspecified atom stereocenters. The van der Waals surface area contributed by atoms with Crippen molar-refractivity contribution in [3.8, 4) is 0 Å². The van der Waals surface area contributed by atoms with Gasteiger partial charge in [-0.2, -0.15) is 0 Å². The average Bonchev–Trinajstić information content (AvgIpc) is 3.34. The molecule has 6 rings (SSSR count). The highest BCUT2D eigenvalue weighted by molar-refractivity contribution is 6.24. The number of anilines is 1. The molecule has 4 amide bonds. The SMILES string of the molecule is CC1(C(=O)N2CCC(N3CCN(Cc4ccc5c6c(cccc46)C(=O)N5)C3=O)CC2)CCC1. The quantitative estimate of drug-likeness (QED) is 0.776. The van der Waals surface area contributed by atoms with Crippen molar-refractivity contribution in [3.63, 3.8) is 0 Å². The Bertz CT molecular complexity index is 1160. The second-order valence-corrected chi connectivity index (χ2v) is 10.3. The molecule has 7 heteroatoms. The van der Waals surface area contributed by atoms with E-state index in [1.54, 1.807) is 0 Å². The van der Waals surface area contributed by atoms with Crippen molar-refractivity contribution in [2.45, 2.75) is 51.6 Å². The molecule has 3 aliphatic heterocycles. The lowest BCUT2D eigenvalue weighted by Crippen LogP contribution is -2.52. The van der Waals surface area contributed by atoms with E-state index in [2.05, 4.69) is 12.2 Å². The molecule has 33 heavy (non-hydrogen) atoms. The zero-order valence-corrected chi connectivity index (χ0v) is 19.1. The van der Waals surface area contributed by atoms with Crippen LogP contribution in [0.4, 0.5) is 10.5 Å². The number of urea groups is 1. The Morgan fingerprint density at radius 2 is 1.85 bits per heavy atom. The van der Waals surface area contributed by atoms with E-state index in [9.17, 15) is 14.4 Å². The Morgan fingerprint density at radius 3 is 2.58 bits per heavy atom. The van der Waals surface area contributed by atoms with Gasteiger partial charge in [0.2, 0.25) is 5.91 Å². The molecule has 1 aliphatic carbocycles. The molecular formula is C26H30N4O3. The number of carbonyl (C=O) groups is 3. The summed E-state index contributed by atoms with van der Waals surface area (Å²) in [4.78, 5) is 44.3. The molecule has 1 saturated carbocycles. The van der Waals surface area contributed by atoms with Gasteiger partial charge in [0.1, 0.15) is 0 Å². The topological polar surface area (TPSA) is 73.0 Å². The summed E-state index contributed by atoms with van der Waals surface area (Å²) in [5, 5.41) is 4.92.